The summed E-state index contributed by atoms with van der Waals surface area (Å²) in [4.78, 5) is -0.585. The van der Waals surface area contributed by atoms with Gasteiger partial charge in [-0.25, -0.2) is 0 Å². The van der Waals surface area contributed by atoms with Crippen molar-refractivity contribution in [3.05, 3.63) is 0 Å². The first-order chi connectivity index (χ1) is 9.11. The van der Waals surface area contributed by atoms with Gasteiger partial charge in [-0.15, -0.1) is 0 Å². The smallest absolute Gasteiger partial charge is 0.285 e. The van der Waals surface area contributed by atoms with Crippen molar-refractivity contribution in [2.24, 2.45) is 0 Å². The SMILES string of the molecule is CCC(C(CC)(N1CCNCC1)S(=O)(=O)O)S(=O)(=O)O. The molecule has 0 radical (unpaired) electrons. The van der Waals surface area contributed by atoms with E-state index in [0.717, 1.165) is 0 Å². The molecule has 1 heterocycles. The first-order valence-corrected chi connectivity index (χ1v) is 9.44. The summed E-state index contributed by atoms with van der Waals surface area (Å²) in [5, 5.41) is 1.44. The van der Waals surface area contributed by atoms with Gasteiger partial charge in [0.1, 0.15) is 5.25 Å². The molecule has 0 saturated carbocycles. The van der Waals surface area contributed by atoms with Gasteiger partial charge in [0.05, 0.1) is 0 Å². The standard InChI is InChI=1S/C10H22N2O6S2/c1-3-9(19(13,14)15)10(4-2,20(16,17)18)12-7-5-11-6-8-12/h9,11H,3-8H2,1-2H3,(H,13,14,15)(H,16,17,18). The molecule has 0 aromatic rings. The molecule has 20 heavy (non-hydrogen) atoms. The molecule has 0 bridgehead atoms. The van der Waals surface area contributed by atoms with Gasteiger partial charge in [-0.1, -0.05) is 13.8 Å². The van der Waals surface area contributed by atoms with E-state index < -0.39 is 30.4 Å². The molecule has 2 unspecified atom stereocenters. The number of piperazine rings is 1. The van der Waals surface area contributed by atoms with Gasteiger partial charge in [0, 0.05) is 26.2 Å². The van der Waals surface area contributed by atoms with Crippen molar-refractivity contribution in [1.82, 2.24) is 10.2 Å². The predicted octanol–water partition coefficient (Wildman–Crippen LogP) is -0.448. The van der Waals surface area contributed by atoms with E-state index in [0.29, 0.717) is 13.1 Å². The first-order valence-electron chi connectivity index (χ1n) is 6.50. The lowest BCUT2D eigenvalue weighted by Crippen LogP contribution is -2.66. The fraction of sp³-hybridized carbons (Fsp3) is 1.00. The quantitative estimate of drug-likeness (QED) is 0.560. The van der Waals surface area contributed by atoms with Crippen LogP contribution in [0.1, 0.15) is 26.7 Å². The third kappa shape index (κ3) is 3.15. The summed E-state index contributed by atoms with van der Waals surface area (Å²) >= 11 is 0. The van der Waals surface area contributed by atoms with E-state index in [9.17, 15) is 25.9 Å². The molecule has 3 N–H and O–H groups in total. The van der Waals surface area contributed by atoms with Crippen LogP contribution in [-0.4, -0.2) is 67.1 Å². The molecule has 2 atom stereocenters. The Bertz CT molecular complexity index is 526. The van der Waals surface area contributed by atoms with Crippen molar-refractivity contribution in [3.63, 3.8) is 0 Å². The Morgan fingerprint density at radius 1 is 1.15 bits per heavy atom. The van der Waals surface area contributed by atoms with Gasteiger partial charge in [-0.3, -0.25) is 14.0 Å². The molecule has 1 aliphatic heterocycles. The summed E-state index contributed by atoms with van der Waals surface area (Å²) in [6.07, 6.45) is -0.249. The number of hydrogen-bond donors (Lipinski definition) is 3. The highest BCUT2D eigenvalue weighted by molar-refractivity contribution is 7.91. The van der Waals surface area contributed by atoms with Crippen LogP contribution >= 0.6 is 0 Å². The number of nitrogens with one attached hydrogen (secondary N) is 1. The van der Waals surface area contributed by atoms with E-state index >= 15 is 0 Å². The molecule has 0 aromatic carbocycles. The molecule has 1 fully saturated rings. The van der Waals surface area contributed by atoms with Gasteiger partial charge >= 0.3 is 0 Å². The summed E-state index contributed by atoms with van der Waals surface area (Å²) in [5.74, 6) is 0. The molecule has 120 valence electrons. The van der Waals surface area contributed by atoms with Crippen molar-refractivity contribution in [2.75, 3.05) is 26.2 Å². The van der Waals surface area contributed by atoms with E-state index in [1.165, 1.54) is 18.7 Å². The molecule has 0 aromatic heterocycles. The van der Waals surface area contributed by atoms with Gasteiger partial charge in [-0.2, -0.15) is 16.8 Å². The number of hydrogen-bond acceptors (Lipinski definition) is 6. The third-order valence-corrected chi connectivity index (χ3v) is 7.16. The minimum absolute atomic E-state index is 0.115. The second-order valence-electron chi connectivity index (χ2n) is 4.82. The van der Waals surface area contributed by atoms with E-state index in [1.807, 2.05) is 0 Å². The van der Waals surface area contributed by atoms with Gasteiger partial charge in [0.2, 0.25) is 0 Å². The van der Waals surface area contributed by atoms with Gasteiger partial charge in [0.25, 0.3) is 20.2 Å². The summed E-state index contributed by atoms with van der Waals surface area (Å²) in [6.45, 7) is 4.48. The highest BCUT2D eigenvalue weighted by Gasteiger charge is 2.56. The first kappa shape index (κ1) is 17.8. The molecule has 1 aliphatic rings. The lowest BCUT2D eigenvalue weighted by Gasteiger charge is -2.45. The van der Waals surface area contributed by atoms with Gasteiger partial charge in [-0.05, 0) is 12.8 Å². The van der Waals surface area contributed by atoms with E-state index in [-0.39, 0.29) is 25.9 Å². The van der Waals surface area contributed by atoms with E-state index in [4.69, 9.17) is 0 Å². The highest BCUT2D eigenvalue weighted by Crippen LogP contribution is 2.35. The minimum atomic E-state index is -4.71. The Hall–Kier alpha value is -0.260. The van der Waals surface area contributed by atoms with Crippen LogP contribution in [0.2, 0.25) is 0 Å². The van der Waals surface area contributed by atoms with Crippen molar-refractivity contribution >= 4 is 20.2 Å². The summed E-state index contributed by atoms with van der Waals surface area (Å²) in [5.41, 5.74) is 0. The normalized spacial score (nSPS) is 23.2. The number of rotatable bonds is 6. The maximum atomic E-state index is 11.9. The topological polar surface area (TPSA) is 124 Å². The largest absolute Gasteiger partial charge is 0.314 e. The van der Waals surface area contributed by atoms with Crippen LogP contribution in [0.3, 0.4) is 0 Å². The molecule has 10 heteroatoms. The minimum Gasteiger partial charge on any atom is -0.314 e. The molecule has 1 rings (SSSR count). The molecule has 8 nitrogen and oxygen atoms in total. The van der Waals surface area contributed by atoms with Crippen LogP contribution in [0, 0.1) is 0 Å². The zero-order chi connectivity index (χ0) is 15.6. The molecule has 0 amide bonds. The maximum absolute atomic E-state index is 11.9. The average molecular weight is 330 g/mol. The summed E-state index contributed by atoms with van der Waals surface area (Å²) in [7, 11) is -9.33. The Morgan fingerprint density at radius 2 is 1.65 bits per heavy atom. The van der Waals surface area contributed by atoms with Gasteiger partial charge in [0.15, 0.2) is 4.87 Å². The number of nitrogens with zero attached hydrogens (tertiary/aromatic N) is 1. The van der Waals surface area contributed by atoms with Crippen LogP contribution in [0.5, 0.6) is 0 Å². The zero-order valence-corrected chi connectivity index (χ0v) is 13.2. The lowest BCUT2D eigenvalue weighted by molar-refractivity contribution is 0.116. The molecule has 0 aliphatic carbocycles. The predicted molar refractivity (Wildman–Crippen MR) is 74.6 cm³/mol. The van der Waals surface area contributed by atoms with Crippen LogP contribution in [0.4, 0.5) is 0 Å². The third-order valence-electron chi connectivity index (χ3n) is 3.84. The van der Waals surface area contributed by atoms with Crippen molar-refractivity contribution in [3.8, 4) is 0 Å². The fourth-order valence-electron chi connectivity index (χ4n) is 2.97. The van der Waals surface area contributed by atoms with Crippen LogP contribution in [0.25, 0.3) is 0 Å². The summed E-state index contributed by atoms with van der Waals surface area (Å²) < 4.78 is 66.2. The monoisotopic (exact) mass is 330 g/mol. The Kier molecular flexibility index (Phi) is 5.55. The molecule has 1 saturated heterocycles. The highest BCUT2D eigenvalue weighted by atomic mass is 32.2. The molecular formula is C10H22N2O6S2. The Morgan fingerprint density at radius 3 is 1.95 bits per heavy atom. The summed E-state index contributed by atoms with van der Waals surface area (Å²) in [6, 6.07) is 0. The second kappa shape index (κ2) is 6.24. The van der Waals surface area contributed by atoms with Crippen LogP contribution in [0.15, 0.2) is 0 Å². The fourth-order valence-corrected chi connectivity index (χ4v) is 6.28. The maximum Gasteiger partial charge on any atom is 0.285 e. The molecular weight excluding hydrogens is 308 g/mol. The van der Waals surface area contributed by atoms with Crippen molar-refractivity contribution < 1.29 is 25.9 Å². The zero-order valence-electron chi connectivity index (χ0n) is 11.6. The van der Waals surface area contributed by atoms with Gasteiger partial charge < -0.3 is 5.32 Å². The van der Waals surface area contributed by atoms with E-state index in [1.54, 1.807) is 0 Å². The Labute approximate surface area is 120 Å². The Balaban J connectivity index is 3.46. The average Bonchev–Trinajstić information content (AvgIpc) is 2.33. The van der Waals surface area contributed by atoms with Crippen molar-refractivity contribution in [1.29, 1.82) is 0 Å². The van der Waals surface area contributed by atoms with Crippen LogP contribution in [-0.2, 0) is 20.2 Å². The van der Waals surface area contributed by atoms with E-state index in [2.05, 4.69) is 5.32 Å². The van der Waals surface area contributed by atoms with Crippen molar-refractivity contribution in [2.45, 2.75) is 36.8 Å². The lowest BCUT2D eigenvalue weighted by atomic mass is 10.0. The second-order valence-corrected chi connectivity index (χ2v) is 8.08. The van der Waals surface area contributed by atoms with Crippen LogP contribution < -0.4 is 5.32 Å². The molecule has 0 spiro atoms.